The minimum Gasteiger partial charge on any atom is -0.396 e. The highest BCUT2D eigenvalue weighted by atomic mass is 16.3. The van der Waals surface area contributed by atoms with Gasteiger partial charge in [0.1, 0.15) is 0 Å². The SMILES string of the molecule is CNC(CCO)CN1CCC(N(C)C)CC1. The average molecular weight is 229 g/mol. The van der Waals surface area contributed by atoms with Crippen LogP contribution in [0.1, 0.15) is 19.3 Å². The van der Waals surface area contributed by atoms with Gasteiger partial charge in [-0.25, -0.2) is 0 Å². The number of hydrogen-bond donors (Lipinski definition) is 2. The Labute approximate surface area is 99.6 Å². The number of piperidine rings is 1. The number of aliphatic hydroxyl groups excluding tert-OH is 1. The molecule has 1 aliphatic rings. The van der Waals surface area contributed by atoms with Crippen LogP contribution < -0.4 is 5.32 Å². The van der Waals surface area contributed by atoms with Crippen LogP contribution >= 0.6 is 0 Å². The second kappa shape index (κ2) is 7.22. The highest BCUT2D eigenvalue weighted by Crippen LogP contribution is 2.14. The summed E-state index contributed by atoms with van der Waals surface area (Å²) < 4.78 is 0. The van der Waals surface area contributed by atoms with Gasteiger partial charge in [-0.05, 0) is 53.5 Å². The highest BCUT2D eigenvalue weighted by Gasteiger charge is 2.21. The van der Waals surface area contributed by atoms with Gasteiger partial charge in [0, 0.05) is 25.2 Å². The Hall–Kier alpha value is -0.160. The summed E-state index contributed by atoms with van der Waals surface area (Å²) in [5.41, 5.74) is 0. The first-order valence-electron chi connectivity index (χ1n) is 6.34. The minimum absolute atomic E-state index is 0.277. The van der Waals surface area contributed by atoms with Gasteiger partial charge < -0.3 is 20.2 Å². The Bertz CT molecular complexity index is 179. The van der Waals surface area contributed by atoms with Gasteiger partial charge in [0.15, 0.2) is 0 Å². The molecule has 0 aliphatic carbocycles. The van der Waals surface area contributed by atoms with Crippen molar-refractivity contribution in [3.63, 3.8) is 0 Å². The molecule has 1 fully saturated rings. The third-order valence-electron chi connectivity index (χ3n) is 3.65. The zero-order valence-electron chi connectivity index (χ0n) is 10.9. The predicted octanol–water partition coefficient (Wildman–Crippen LogP) is -0.0172. The van der Waals surface area contributed by atoms with E-state index < -0.39 is 0 Å². The third-order valence-corrected chi connectivity index (χ3v) is 3.65. The molecule has 0 bridgehead atoms. The zero-order valence-corrected chi connectivity index (χ0v) is 10.9. The number of rotatable bonds is 6. The van der Waals surface area contributed by atoms with Crippen molar-refractivity contribution in [2.45, 2.75) is 31.3 Å². The second-order valence-corrected chi connectivity index (χ2v) is 4.99. The van der Waals surface area contributed by atoms with Crippen LogP contribution in [-0.4, -0.2) is 74.4 Å². The van der Waals surface area contributed by atoms with E-state index in [1.807, 2.05) is 7.05 Å². The van der Waals surface area contributed by atoms with Crippen molar-refractivity contribution in [3.8, 4) is 0 Å². The smallest absolute Gasteiger partial charge is 0.0446 e. The molecule has 1 aliphatic heterocycles. The van der Waals surface area contributed by atoms with Gasteiger partial charge in [0.2, 0.25) is 0 Å². The lowest BCUT2D eigenvalue weighted by molar-refractivity contribution is 0.131. The third kappa shape index (κ3) is 4.37. The lowest BCUT2D eigenvalue weighted by Gasteiger charge is -2.36. The Morgan fingerprint density at radius 3 is 2.44 bits per heavy atom. The van der Waals surface area contributed by atoms with E-state index in [4.69, 9.17) is 5.11 Å². The topological polar surface area (TPSA) is 38.7 Å². The van der Waals surface area contributed by atoms with E-state index in [1.165, 1.54) is 25.9 Å². The van der Waals surface area contributed by atoms with E-state index in [2.05, 4.69) is 29.2 Å². The van der Waals surface area contributed by atoms with Crippen LogP contribution in [-0.2, 0) is 0 Å². The molecule has 2 N–H and O–H groups in total. The van der Waals surface area contributed by atoms with Crippen molar-refractivity contribution in [2.75, 3.05) is 47.4 Å². The summed E-state index contributed by atoms with van der Waals surface area (Å²) in [6.07, 6.45) is 3.38. The second-order valence-electron chi connectivity index (χ2n) is 4.99. The van der Waals surface area contributed by atoms with Crippen LogP contribution in [0.15, 0.2) is 0 Å². The lowest BCUT2D eigenvalue weighted by Crippen LogP contribution is -2.47. The van der Waals surface area contributed by atoms with Gasteiger partial charge in [-0.3, -0.25) is 0 Å². The zero-order chi connectivity index (χ0) is 12.0. The van der Waals surface area contributed by atoms with Gasteiger partial charge in [-0.15, -0.1) is 0 Å². The number of nitrogens with zero attached hydrogens (tertiary/aromatic N) is 2. The molecule has 4 nitrogen and oxygen atoms in total. The van der Waals surface area contributed by atoms with Crippen molar-refractivity contribution in [3.05, 3.63) is 0 Å². The molecule has 1 rings (SSSR count). The van der Waals surface area contributed by atoms with Gasteiger partial charge >= 0.3 is 0 Å². The fourth-order valence-corrected chi connectivity index (χ4v) is 2.41. The van der Waals surface area contributed by atoms with E-state index in [0.717, 1.165) is 19.0 Å². The fraction of sp³-hybridized carbons (Fsp3) is 1.00. The fourth-order valence-electron chi connectivity index (χ4n) is 2.41. The highest BCUT2D eigenvalue weighted by molar-refractivity contribution is 4.79. The van der Waals surface area contributed by atoms with Crippen molar-refractivity contribution in [2.24, 2.45) is 0 Å². The molecule has 4 heteroatoms. The summed E-state index contributed by atoms with van der Waals surface area (Å²) in [6.45, 7) is 3.72. The molecule has 0 aromatic heterocycles. The van der Waals surface area contributed by atoms with Crippen molar-refractivity contribution >= 4 is 0 Å². The number of aliphatic hydroxyl groups is 1. The summed E-state index contributed by atoms with van der Waals surface area (Å²) >= 11 is 0. The van der Waals surface area contributed by atoms with Crippen LogP contribution in [0.25, 0.3) is 0 Å². The molecule has 1 heterocycles. The molecule has 96 valence electrons. The van der Waals surface area contributed by atoms with Gasteiger partial charge in [0.05, 0.1) is 0 Å². The standard InChI is InChI=1S/C12H27N3O/c1-13-11(6-9-16)10-15-7-4-12(5-8-15)14(2)3/h11-13,16H,4-10H2,1-3H3. The molecule has 0 aromatic rings. The normalized spacial score (nSPS) is 21.6. The molecule has 0 amide bonds. The predicted molar refractivity (Wildman–Crippen MR) is 67.7 cm³/mol. The van der Waals surface area contributed by atoms with E-state index in [0.29, 0.717) is 6.04 Å². The van der Waals surface area contributed by atoms with E-state index in [-0.39, 0.29) is 6.61 Å². The Morgan fingerprint density at radius 1 is 1.38 bits per heavy atom. The summed E-state index contributed by atoms with van der Waals surface area (Å²) in [5.74, 6) is 0. The lowest BCUT2D eigenvalue weighted by atomic mass is 10.0. The number of likely N-dealkylation sites (N-methyl/N-ethyl adjacent to an activating group) is 1. The molecule has 1 atom stereocenters. The largest absolute Gasteiger partial charge is 0.396 e. The van der Waals surface area contributed by atoms with Crippen LogP contribution in [0.4, 0.5) is 0 Å². The van der Waals surface area contributed by atoms with E-state index in [9.17, 15) is 0 Å². The minimum atomic E-state index is 0.277. The molecule has 1 saturated heterocycles. The van der Waals surface area contributed by atoms with Gasteiger partial charge in [0.25, 0.3) is 0 Å². The maximum atomic E-state index is 8.95. The quantitative estimate of drug-likeness (QED) is 0.671. The van der Waals surface area contributed by atoms with Crippen molar-refractivity contribution < 1.29 is 5.11 Å². The Balaban J connectivity index is 2.25. The van der Waals surface area contributed by atoms with Gasteiger partial charge in [-0.2, -0.15) is 0 Å². The summed E-state index contributed by atoms with van der Waals surface area (Å²) in [7, 11) is 6.32. The number of likely N-dealkylation sites (tertiary alicyclic amines) is 1. The van der Waals surface area contributed by atoms with Crippen LogP contribution in [0.5, 0.6) is 0 Å². The first-order valence-corrected chi connectivity index (χ1v) is 6.34. The molecule has 1 unspecified atom stereocenters. The number of nitrogens with one attached hydrogen (secondary N) is 1. The molecule has 0 saturated carbocycles. The van der Waals surface area contributed by atoms with Crippen LogP contribution in [0.3, 0.4) is 0 Å². The van der Waals surface area contributed by atoms with Crippen molar-refractivity contribution in [1.29, 1.82) is 0 Å². The molecular formula is C12H27N3O. The summed E-state index contributed by atoms with van der Waals surface area (Å²) in [4.78, 5) is 4.84. The van der Waals surface area contributed by atoms with E-state index in [1.54, 1.807) is 0 Å². The average Bonchev–Trinajstić information content (AvgIpc) is 2.29. The maximum absolute atomic E-state index is 8.95. The first-order chi connectivity index (χ1) is 7.67. The summed E-state index contributed by atoms with van der Waals surface area (Å²) in [5, 5.41) is 12.2. The molecule has 16 heavy (non-hydrogen) atoms. The maximum Gasteiger partial charge on any atom is 0.0446 e. The molecule has 0 aromatic carbocycles. The van der Waals surface area contributed by atoms with Crippen molar-refractivity contribution in [1.82, 2.24) is 15.1 Å². The Morgan fingerprint density at radius 2 is 2.00 bits per heavy atom. The number of hydrogen-bond acceptors (Lipinski definition) is 4. The van der Waals surface area contributed by atoms with Crippen LogP contribution in [0.2, 0.25) is 0 Å². The van der Waals surface area contributed by atoms with Gasteiger partial charge in [-0.1, -0.05) is 0 Å². The molecule has 0 radical (unpaired) electrons. The summed E-state index contributed by atoms with van der Waals surface area (Å²) in [6, 6.07) is 1.18. The molecular weight excluding hydrogens is 202 g/mol. The van der Waals surface area contributed by atoms with E-state index >= 15 is 0 Å². The molecule has 0 spiro atoms. The van der Waals surface area contributed by atoms with Crippen LogP contribution in [0, 0.1) is 0 Å². The monoisotopic (exact) mass is 229 g/mol. The first kappa shape index (κ1) is 13.9. The Kier molecular flexibility index (Phi) is 6.28.